The standard InChI is InChI=1S/C26H25N5O3S/c1-16-23(18-9-5-6-10-20(18)28-16)24(33)26(34)29-25-19-14-35-15-21(19)30-31(25)13-22(32)27-12-11-17-7-3-2-4-8-17/h2-10,28H,11-15H2,1H3,(H,27,32)(H,29,34). The quantitative estimate of drug-likeness (QED) is 0.260. The summed E-state index contributed by atoms with van der Waals surface area (Å²) in [5.74, 6) is 0.211. The van der Waals surface area contributed by atoms with Crippen molar-refractivity contribution in [3.63, 3.8) is 0 Å². The molecule has 0 saturated heterocycles. The Balaban J connectivity index is 1.30. The first kappa shape index (κ1) is 22.9. The number of aromatic amines is 1. The molecule has 5 rings (SSSR count). The maximum Gasteiger partial charge on any atom is 0.298 e. The number of nitrogens with zero attached hydrogens (tertiary/aromatic N) is 2. The molecule has 35 heavy (non-hydrogen) atoms. The number of hydrogen-bond donors (Lipinski definition) is 3. The monoisotopic (exact) mass is 487 g/mol. The molecule has 1 aliphatic rings. The van der Waals surface area contributed by atoms with Crippen LogP contribution in [0.4, 0.5) is 5.82 Å². The van der Waals surface area contributed by atoms with Crippen molar-refractivity contribution in [2.75, 3.05) is 11.9 Å². The van der Waals surface area contributed by atoms with Gasteiger partial charge in [0.25, 0.3) is 11.7 Å². The normalized spacial score (nSPS) is 12.5. The molecule has 8 nitrogen and oxygen atoms in total. The lowest BCUT2D eigenvalue weighted by atomic mass is 10.1. The maximum atomic E-state index is 13.1. The largest absolute Gasteiger partial charge is 0.358 e. The molecule has 3 heterocycles. The number of aromatic nitrogens is 3. The molecule has 2 amide bonds. The zero-order valence-electron chi connectivity index (χ0n) is 19.3. The number of H-pyrrole nitrogens is 1. The summed E-state index contributed by atoms with van der Waals surface area (Å²) in [5.41, 5.74) is 4.63. The Morgan fingerprint density at radius 3 is 2.66 bits per heavy atom. The summed E-state index contributed by atoms with van der Waals surface area (Å²) in [4.78, 5) is 42.0. The number of Topliss-reactive ketones (excluding diaryl/α,β-unsaturated/α-hetero) is 1. The Hall–Kier alpha value is -3.85. The third-order valence-corrected chi connectivity index (χ3v) is 7.02. The molecule has 2 aromatic heterocycles. The van der Waals surface area contributed by atoms with Crippen molar-refractivity contribution in [2.45, 2.75) is 31.4 Å². The van der Waals surface area contributed by atoms with Gasteiger partial charge >= 0.3 is 0 Å². The van der Waals surface area contributed by atoms with E-state index in [4.69, 9.17) is 0 Å². The van der Waals surface area contributed by atoms with Crippen LogP contribution in [0.3, 0.4) is 0 Å². The van der Waals surface area contributed by atoms with Gasteiger partial charge in [0.1, 0.15) is 12.4 Å². The van der Waals surface area contributed by atoms with Crippen LogP contribution < -0.4 is 10.6 Å². The molecule has 0 fully saturated rings. The van der Waals surface area contributed by atoms with Crippen LogP contribution in [0.1, 0.15) is 32.9 Å². The molecule has 0 bridgehead atoms. The minimum absolute atomic E-state index is 0.0393. The van der Waals surface area contributed by atoms with Gasteiger partial charge in [0.15, 0.2) is 0 Å². The lowest BCUT2D eigenvalue weighted by molar-refractivity contribution is -0.121. The summed E-state index contributed by atoms with van der Waals surface area (Å²) >= 11 is 1.68. The zero-order chi connectivity index (χ0) is 24.4. The number of benzene rings is 2. The number of aryl methyl sites for hydroxylation is 1. The fourth-order valence-corrected chi connectivity index (χ4v) is 5.39. The van der Waals surface area contributed by atoms with Crippen molar-refractivity contribution >= 4 is 46.1 Å². The predicted octanol–water partition coefficient (Wildman–Crippen LogP) is 3.60. The molecule has 178 valence electrons. The summed E-state index contributed by atoms with van der Waals surface area (Å²) in [7, 11) is 0. The topological polar surface area (TPSA) is 109 Å². The maximum absolute atomic E-state index is 13.1. The highest BCUT2D eigenvalue weighted by atomic mass is 32.2. The first-order valence-corrected chi connectivity index (χ1v) is 12.6. The van der Waals surface area contributed by atoms with Crippen LogP contribution >= 0.6 is 11.8 Å². The molecule has 9 heteroatoms. The predicted molar refractivity (Wildman–Crippen MR) is 136 cm³/mol. The molecule has 0 radical (unpaired) electrons. The highest BCUT2D eigenvalue weighted by molar-refractivity contribution is 7.98. The van der Waals surface area contributed by atoms with Crippen LogP contribution in [-0.4, -0.2) is 38.9 Å². The van der Waals surface area contributed by atoms with Crippen LogP contribution in [0.2, 0.25) is 0 Å². The van der Waals surface area contributed by atoms with Crippen molar-refractivity contribution in [3.8, 4) is 0 Å². The minimum Gasteiger partial charge on any atom is -0.358 e. The smallest absolute Gasteiger partial charge is 0.298 e. The van der Waals surface area contributed by atoms with Crippen LogP contribution in [0.25, 0.3) is 10.9 Å². The van der Waals surface area contributed by atoms with Crippen molar-refractivity contribution in [2.24, 2.45) is 0 Å². The molecule has 0 unspecified atom stereocenters. The average molecular weight is 488 g/mol. The van der Waals surface area contributed by atoms with E-state index < -0.39 is 11.7 Å². The highest BCUT2D eigenvalue weighted by Crippen LogP contribution is 2.35. The Morgan fingerprint density at radius 1 is 1.06 bits per heavy atom. The van der Waals surface area contributed by atoms with Gasteiger partial charge in [0.2, 0.25) is 5.91 Å². The van der Waals surface area contributed by atoms with Gasteiger partial charge in [-0.2, -0.15) is 16.9 Å². The number of hydrogen-bond acceptors (Lipinski definition) is 5. The molecule has 0 aliphatic carbocycles. The molecule has 3 N–H and O–H groups in total. The summed E-state index contributed by atoms with van der Waals surface area (Å²) in [6, 6.07) is 17.3. The SMILES string of the molecule is Cc1[nH]c2ccccc2c1C(=O)C(=O)Nc1c2c(nn1CC(=O)NCCc1ccccc1)CSC2. The summed E-state index contributed by atoms with van der Waals surface area (Å²) in [6.07, 6.45) is 0.723. The number of carbonyl (C=O) groups excluding carboxylic acids is 3. The van der Waals surface area contributed by atoms with Crippen LogP contribution in [0, 0.1) is 6.92 Å². The highest BCUT2D eigenvalue weighted by Gasteiger charge is 2.28. The zero-order valence-corrected chi connectivity index (χ0v) is 20.1. The molecule has 0 saturated carbocycles. The van der Waals surface area contributed by atoms with Gasteiger partial charge in [-0.3, -0.25) is 14.4 Å². The fraction of sp³-hybridized carbons (Fsp3) is 0.231. The van der Waals surface area contributed by atoms with Crippen molar-refractivity contribution < 1.29 is 14.4 Å². The fourth-order valence-electron chi connectivity index (χ4n) is 4.35. The number of anilines is 1. The van der Waals surface area contributed by atoms with E-state index in [-0.39, 0.29) is 12.5 Å². The number of amides is 2. The Kier molecular flexibility index (Phi) is 6.41. The van der Waals surface area contributed by atoms with E-state index in [0.717, 1.165) is 28.8 Å². The second-order valence-corrected chi connectivity index (χ2v) is 9.45. The van der Waals surface area contributed by atoms with E-state index >= 15 is 0 Å². The van der Waals surface area contributed by atoms with E-state index in [2.05, 4.69) is 20.7 Å². The molecule has 0 atom stereocenters. The lowest BCUT2D eigenvalue weighted by Gasteiger charge is -2.11. The Labute approximate surface area is 206 Å². The summed E-state index contributed by atoms with van der Waals surface area (Å²) < 4.78 is 1.50. The van der Waals surface area contributed by atoms with E-state index in [1.165, 1.54) is 4.68 Å². The summed E-state index contributed by atoms with van der Waals surface area (Å²) in [5, 5.41) is 10.9. The van der Waals surface area contributed by atoms with Gasteiger partial charge in [-0.15, -0.1) is 0 Å². The Bertz CT molecular complexity index is 1420. The first-order chi connectivity index (χ1) is 17.0. The molecule has 2 aromatic carbocycles. The second kappa shape index (κ2) is 9.79. The first-order valence-electron chi connectivity index (χ1n) is 11.4. The molecular formula is C26H25N5O3S. The van der Waals surface area contributed by atoms with Gasteiger partial charge in [-0.25, -0.2) is 4.68 Å². The van der Waals surface area contributed by atoms with Gasteiger partial charge in [-0.1, -0.05) is 48.5 Å². The van der Waals surface area contributed by atoms with Crippen molar-refractivity contribution in [3.05, 3.63) is 82.7 Å². The minimum atomic E-state index is -0.747. The van der Waals surface area contributed by atoms with E-state index in [9.17, 15) is 14.4 Å². The number of fused-ring (bicyclic) bond motifs is 2. The number of ketones is 1. The summed E-state index contributed by atoms with van der Waals surface area (Å²) in [6.45, 7) is 2.24. The lowest BCUT2D eigenvalue weighted by Crippen LogP contribution is -2.31. The van der Waals surface area contributed by atoms with Gasteiger partial charge in [0.05, 0.1) is 11.3 Å². The molecule has 1 aliphatic heterocycles. The van der Waals surface area contributed by atoms with E-state index in [1.807, 2.05) is 54.6 Å². The average Bonchev–Trinajstić information content (AvgIpc) is 3.53. The van der Waals surface area contributed by atoms with Gasteiger partial charge in [0, 0.05) is 40.2 Å². The van der Waals surface area contributed by atoms with Crippen LogP contribution in [0.5, 0.6) is 0 Å². The third kappa shape index (κ3) is 4.72. The van der Waals surface area contributed by atoms with Gasteiger partial charge in [-0.05, 0) is 25.0 Å². The Morgan fingerprint density at radius 2 is 1.83 bits per heavy atom. The van der Waals surface area contributed by atoms with Gasteiger partial charge < -0.3 is 15.6 Å². The third-order valence-electron chi connectivity index (χ3n) is 6.05. The van der Waals surface area contributed by atoms with E-state index in [0.29, 0.717) is 40.5 Å². The number of carbonyl (C=O) groups is 3. The molecule has 4 aromatic rings. The van der Waals surface area contributed by atoms with Crippen LogP contribution in [-0.2, 0) is 34.1 Å². The second-order valence-electron chi connectivity index (χ2n) is 8.46. The molecular weight excluding hydrogens is 462 g/mol. The number of para-hydroxylation sites is 1. The number of nitrogens with one attached hydrogen (secondary N) is 3. The van der Waals surface area contributed by atoms with Crippen molar-refractivity contribution in [1.82, 2.24) is 20.1 Å². The van der Waals surface area contributed by atoms with Crippen LogP contribution in [0.15, 0.2) is 54.6 Å². The van der Waals surface area contributed by atoms with E-state index in [1.54, 1.807) is 18.7 Å². The number of rotatable bonds is 8. The van der Waals surface area contributed by atoms with Crippen molar-refractivity contribution in [1.29, 1.82) is 0 Å². The molecule has 0 spiro atoms. The number of thioether (sulfide) groups is 1.